The van der Waals surface area contributed by atoms with Crippen molar-refractivity contribution in [3.63, 3.8) is 0 Å². The van der Waals surface area contributed by atoms with E-state index in [1.807, 2.05) is 18.2 Å². The molecule has 0 atom stereocenters. The number of amides is 2. The number of rotatable bonds is 8. The lowest BCUT2D eigenvalue weighted by Gasteiger charge is -2.08. The summed E-state index contributed by atoms with van der Waals surface area (Å²) in [4.78, 5) is 38.9. The first-order valence-corrected chi connectivity index (χ1v) is 9.16. The molecule has 2 amide bonds. The number of fused-ring (bicyclic) bond motifs is 1. The van der Waals surface area contributed by atoms with Gasteiger partial charge in [0, 0.05) is 11.8 Å². The monoisotopic (exact) mass is 412 g/mol. The molecule has 10 heteroatoms. The molecule has 156 valence electrons. The van der Waals surface area contributed by atoms with Crippen molar-refractivity contribution >= 4 is 35.1 Å². The predicted molar refractivity (Wildman–Crippen MR) is 110 cm³/mol. The smallest absolute Gasteiger partial charge is 0.273 e. The van der Waals surface area contributed by atoms with Gasteiger partial charge in [0.05, 0.1) is 23.8 Å². The Morgan fingerprint density at radius 1 is 1.17 bits per heavy atom. The second kappa shape index (κ2) is 9.50. The average Bonchev–Trinajstić information content (AvgIpc) is 3.19. The summed E-state index contributed by atoms with van der Waals surface area (Å²) in [7, 11) is 1.32. The van der Waals surface area contributed by atoms with Crippen LogP contribution in [-0.4, -0.2) is 36.7 Å². The molecular formula is C20H20N4O6. The summed E-state index contributed by atoms with van der Waals surface area (Å²) in [5.74, 6) is -0.927. The van der Waals surface area contributed by atoms with Gasteiger partial charge in [0.1, 0.15) is 12.0 Å². The Hall–Kier alpha value is -3.95. The van der Waals surface area contributed by atoms with Crippen LogP contribution in [0.1, 0.15) is 17.5 Å². The van der Waals surface area contributed by atoms with Gasteiger partial charge in [0.2, 0.25) is 0 Å². The van der Waals surface area contributed by atoms with Crippen molar-refractivity contribution in [3.8, 4) is 5.75 Å². The Balaban J connectivity index is 1.46. The molecule has 0 aromatic heterocycles. The zero-order valence-electron chi connectivity index (χ0n) is 16.2. The van der Waals surface area contributed by atoms with Crippen LogP contribution in [0.25, 0.3) is 0 Å². The number of carbonyl (C=O) groups is 2. The van der Waals surface area contributed by atoms with E-state index in [0.717, 1.165) is 25.5 Å². The minimum absolute atomic E-state index is 0.126. The van der Waals surface area contributed by atoms with Gasteiger partial charge in [0.25, 0.3) is 17.5 Å². The maximum atomic E-state index is 11.9. The van der Waals surface area contributed by atoms with Gasteiger partial charge in [-0.2, -0.15) is 0 Å². The molecule has 1 aliphatic rings. The number of nitrogens with zero attached hydrogens (tertiary/aromatic N) is 2. The summed E-state index contributed by atoms with van der Waals surface area (Å²) in [6.07, 6.45) is 4.05. The van der Waals surface area contributed by atoms with Crippen LogP contribution in [-0.2, 0) is 27.3 Å². The van der Waals surface area contributed by atoms with Gasteiger partial charge in [0.15, 0.2) is 6.61 Å². The Morgan fingerprint density at radius 3 is 2.73 bits per heavy atom. The number of oxime groups is 1. The van der Waals surface area contributed by atoms with Crippen LogP contribution < -0.4 is 15.4 Å². The normalized spacial score (nSPS) is 12.3. The third-order valence-corrected chi connectivity index (χ3v) is 4.48. The predicted octanol–water partition coefficient (Wildman–Crippen LogP) is 2.67. The van der Waals surface area contributed by atoms with Gasteiger partial charge in [-0.3, -0.25) is 19.7 Å². The first-order chi connectivity index (χ1) is 14.5. The number of hydrogen-bond donors (Lipinski definition) is 2. The number of non-ortho nitro benzene ring substituents is 1. The lowest BCUT2D eigenvalue weighted by atomic mass is 10.1. The highest BCUT2D eigenvalue weighted by Crippen LogP contribution is 2.28. The molecule has 0 saturated heterocycles. The molecule has 2 aromatic rings. The fraction of sp³-hybridized carbons (Fsp3) is 0.250. The van der Waals surface area contributed by atoms with Gasteiger partial charge in [-0.15, -0.1) is 0 Å². The molecule has 30 heavy (non-hydrogen) atoms. The van der Waals surface area contributed by atoms with E-state index >= 15 is 0 Å². The molecular weight excluding hydrogens is 392 g/mol. The zero-order chi connectivity index (χ0) is 21.5. The van der Waals surface area contributed by atoms with Crippen molar-refractivity contribution < 1.29 is 24.1 Å². The summed E-state index contributed by atoms with van der Waals surface area (Å²) < 4.78 is 5.03. The first kappa shape index (κ1) is 20.8. The summed E-state index contributed by atoms with van der Waals surface area (Å²) in [5, 5.41) is 19.4. The second-order valence-corrected chi connectivity index (χ2v) is 6.52. The molecule has 0 fully saturated rings. The van der Waals surface area contributed by atoms with Gasteiger partial charge in [-0.1, -0.05) is 11.2 Å². The third-order valence-electron chi connectivity index (χ3n) is 4.48. The van der Waals surface area contributed by atoms with E-state index in [1.54, 1.807) is 0 Å². The van der Waals surface area contributed by atoms with Crippen molar-refractivity contribution in [2.45, 2.75) is 19.3 Å². The minimum Gasteiger partial charge on any atom is -0.494 e. The summed E-state index contributed by atoms with van der Waals surface area (Å²) in [5.41, 5.74) is 3.30. The SMILES string of the molecule is COc1cc([N+](=O)[O-])ccc1NC(=O)/C=N\OCC(=O)Nc1ccc2c(c1)CCC2. The van der Waals surface area contributed by atoms with Crippen molar-refractivity contribution in [3.05, 3.63) is 57.6 Å². The number of hydrogen-bond acceptors (Lipinski definition) is 7. The van der Waals surface area contributed by atoms with Gasteiger partial charge < -0.3 is 20.2 Å². The minimum atomic E-state index is -0.652. The van der Waals surface area contributed by atoms with Crippen molar-refractivity contribution in [1.29, 1.82) is 0 Å². The number of ether oxygens (including phenoxy) is 1. The van der Waals surface area contributed by atoms with Crippen molar-refractivity contribution in [1.82, 2.24) is 0 Å². The number of nitrogens with one attached hydrogen (secondary N) is 2. The number of methoxy groups -OCH3 is 1. The van der Waals surface area contributed by atoms with Crippen LogP contribution in [0.4, 0.5) is 17.1 Å². The molecule has 0 aliphatic heterocycles. The highest BCUT2D eigenvalue weighted by Gasteiger charge is 2.13. The standard InChI is InChI=1S/C20H20N4O6/c1-29-18-10-16(24(27)28)7-8-17(18)23-19(25)11-21-30-12-20(26)22-15-6-5-13-3-2-4-14(13)9-15/h5-11H,2-4,12H2,1H3,(H,22,26)(H,23,25)/b21-11-. The van der Waals surface area contributed by atoms with E-state index in [-0.39, 0.29) is 23.7 Å². The Kier molecular flexibility index (Phi) is 6.58. The number of anilines is 2. The molecule has 10 nitrogen and oxygen atoms in total. The fourth-order valence-electron chi connectivity index (χ4n) is 3.09. The third kappa shape index (κ3) is 5.31. The number of nitro benzene ring substituents is 1. The summed E-state index contributed by atoms with van der Waals surface area (Å²) in [6.45, 7) is -0.359. The lowest BCUT2D eigenvalue weighted by molar-refractivity contribution is -0.384. The average molecular weight is 412 g/mol. The molecule has 0 radical (unpaired) electrons. The highest BCUT2D eigenvalue weighted by atomic mass is 16.6. The summed E-state index contributed by atoms with van der Waals surface area (Å²) in [6, 6.07) is 9.56. The highest BCUT2D eigenvalue weighted by molar-refractivity contribution is 6.31. The molecule has 2 N–H and O–H groups in total. The van der Waals surface area contributed by atoms with Crippen LogP contribution in [0, 0.1) is 10.1 Å². The molecule has 2 aromatic carbocycles. The molecule has 1 aliphatic carbocycles. The Labute approximate surface area is 172 Å². The number of nitro groups is 1. The topological polar surface area (TPSA) is 132 Å². The Morgan fingerprint density at radius 2 is 1.97 bits per heavy atom. The van der Waals surface area contributed by atoms with Gasteiger partial charge >= 0.3 is 0 Å². The largest absolute Gasteiger partial charge is 0.494 e. The van der Waals surface area contributed by atoms with Crippen LogP contribution in [0.5, 0.6) is 5.75 Å². The van der Waals surface area contributed by atoms with Crippen LogP contribution in [0.15, 0.2) is 41.6 Å². The van der Waals surface area contributed by atoms with Gasteiger partial charge in [-0.05, 0) is 48.6 Å². The molecule has 0 heterocycles. The van der Waals surface area contributed by atoms with Crippen molar-refractivity contribution in [2.24, 2.45) is 5.16 Å². The maximum absolute atomic E-state index is 11.9. The second-order valence-electron chi connectivity index (χ2n) is 6.52. The van der Waals surface area contributed by atoms with E-state index in [1.165, 1.54) is 36.4 Å². The van der Waals surface area contributed by atoms with E-state index in [9.17, 15) is 19.7 Å². The molecule has 0 unspecified atom stereocenters. The molecule has 0 saturated carbocycles. The first-order valence-electron chi connectivity index (χ1n) is 9.16. The fourth-order valence-corrected chi connectivity index (χ4v) is 3.09. The van der Waals surface area contributed by atoms with Crippen molar-refractivity contribution in [2.75, 3.05) is 24.4 Å². The van der Waals surface area contributed by atoms with E-state index < -0.39 is 16.7 Å². The zero-order valence-corrected chi connectivity index (χ0v) is 16.2. The number of carbonyl (C=O) groups excluding carboxylic acids is 2. The lowest BCUT2D eigenvalue weighted by Crippen LogP contribution is -2.18. The molecule has 3 rings (SSSR count). The number of benzene rings is 2. The quantitative estimate of drug-likeness (QED) is 0.389. The maximum Gasteiger partial charge on any atom is 0.273 e. The van der Waals surface area contributed by atoms with E-state index in [0.29, 0.717) is 5.69 Å². The van der Waals surface area contributed by atoms with E-state index in [2.05, 4.69) is 15.8 Å². The van der Waals surface area contributed by atoms with Crippen LogP contribution in [0.2, 0.25) is 0 Å². The Bertz CT molecular complexity index is 1000. The van der Waals surface area contributed by atoms with E-state index in [4.69, 9.17) is 9.57 Å². The van der Waals surface area contributed by atoms with Crippen LogP contribution >= 0.6 is 0 Å². The van der Waals surface area contributed by atoms with Crippen LogP contribution in [0.3, 0.4) is 0 Å². The molecule has 0 spiro atoms. The summed E-state index contributed by atoms with van der Waals surface area (Å²) >= 11 is 0. The van der Waals surface area contributed by atoms with Gasteiger partial charge in [-0.25, -0.2) is 0 Å². The molecule has 0 bridgehead atoms. The number of aryl methyl sites for hydroxylation is 2.